The van der Waals surface area contributed by atoms with E-state index >= 15 is 0 Å². The van der Waals surface area contributed by atoms with Gasteiger partial charge in [0.25, 0.3) is 0 Å². The first-order chi connectivity index (χ1) is 13.3. The van der Waals surface area contributed by atoms with E-state index in [0.717, 1.165) is 10.0 Å². The van der Waals surface area contributed by atoms with Gasteiger partial charge in [0.15, 0.2) is 0 Å². The van der Waals surface area contributed by atoms with Crippen LogP contribution in [0.25, 0.3) is 0 Å². The molecule has 0 unspecified atom stereocenters. The van der Waals surface area contributed by atoms with Crippen molar-refractivity contribution in [3.8, 4) is 0 Å². The van der Waals surface area contributed by atoms with Crippen molar-refractivity contribution in [2.45, 2.75) is 31.8 Å². The summed E-state index contributed by atoms with van der Waals surface area (Å²) < 4.78 is 14.1. The number of hydrogen-bond donors (Lipinski definition) is 3. The predicted molar refractivity (Wildman–Crippen MR) is 105 cm³/mol. The molecule has 0 aliphatic heterocycles. The van der Waals surface area contributed by atoms with Crippen LogP contribution in [-0.2, 0) is 27.2 Å². The molecular weight excluding hydrogens is 431 g/mol. The van der Waals surface area contributed by atoms with Gasteiger partial charge in [-0.15, -0.1) is 0 Å². The molecule has 2 aromatic rings. The first-order valence-electron chi connectivity index (χ1n) is 8.54. The molecule has 0 spiro atoms. The minimum Gasteiger partial charge on any atom is -0.480 e. The zero-order valence-corrected chi connectivity index (χ0v) is 16.7. The van der Waals surface area contributed by atoms with E-state index in [1.165, 1.54) is 25.1 Å². The highest BCUT2D eigenvalue weighted by Crippen LogP contribution is 2.18. The number of rotatable bonds is 8. The number of nitrogens with one attached hydrogen (secondary N) is 2. The Labute approximate surface area is 170 Å². The number of carbonyl (C=O) groups is 3. The molecule has 2 aromatic carbocycles. The number of amides is 2. The summed E-state index contributed by atoms with van der Waals surface area (Å²) in [4.78, 5) is 35.8. The third-order valence-corrected chi connectivity index (χ3v) is 4.79. The molecule has 0 saturated heterocycles. The lowest BCUT2D eigenvalue weighted by Gasteiger charge is -2.21. The van der Waals surface area contributed by atoms with Crippen molar-refractivity contribution in [3.05, 3.63) is 69.9 Å². The molecule has 0 bridgehead atoms. The monoisotopic (exact) mass is 450 g/mol. The van der Waals surface area contributed by atoms with Gasteiger partial charge in [-0.2, -0.15) is 0 Å². The molecular formula is C20H20BrFN2O4. The molecule has 0 fully saturated rings. The van der Waals surface area contributed by atoms with Crippen LogP contribution in [0.15, 0.2) is 53.0 Å². The molecule has 6 nitrogen and oxygen atoms in total. The summed E-state index contributed by atoms with van der Waals surface area (Å²) in [5.74, 6) is -2.76. The normalized spacial score (nSPS) is 12.7. The number of carboxylic acid groups (broad SMARTS) is 1. The molecule has 2 rings (SSSR count). The van der Waals surface area contributed by atoms with Crippen molar-refractivity contribution in [2.24, 2.45) is 0 Å². The molecule has 0 aliphatic rings. The van der Waals surface area contributed by atoms with Gasteiger partial charge in [-0.05, 0) is 29.3 Å². The van der Waals surface area contributed by atoms with Gasteiger partial charge < -0.3 is 15.7 Å². The van der Waals surface area contributed by atoms with Gasteiger partial charge in [-0.25, -0.2) is 9.18 Å². The average molecular weight is 451 g/mol. The van der Waals surface area contributed by atoms with Crippen LogP contribution in [0, 0.1) is 5.82 Å². The van der Waals surface area contributed by atoms with Crippen LogP contribution >= 0.6 is 15.9 Å². The van der Waals surface area contributed by atoms with Gasteiger partial charge in [-0.3, -0.25) is 9.59 Å². The molecule has 0 heterocycles. The topological polar surface area (TPSA) is 95.5 Å². The number of halogens is 2. The molecule has 148 valence electrons. The van der Waals surface area contributed by atoms with Crippen LogP contribution in [0.1, 0.15) is 18.1 Å². The second-order valence-electron chi connectivity index (χ2n) is 6.28. The Morgan fingerprint density at radius 2 is 1.75 bits per heavy atom. The molecule has 8 heteroatoms. The van der Waals surface area contributed by atoms with E-state index in [1.54, 1.807) is 30.3 Å². The van der Waals surface area contributed by atoms with E-state index in [9.17, 15) is 23.9 Å². The Bertz CT molecular complexity index is 875. The Morgan fingerprint density at radius 1 is 1.04 bits per heavy atom. The highest BCUT2D eigenvalue weighted by molar-refractivity contribution is 9.10. The molecule has 0 saturated carbocycles. The minimum absolute atomic E-state index is 0.0323. The van der Waals surface area contributed by atoms with Gasteiger partial charge >= 0.3 is 5.97 Å². The Kier molecular flexibility index (Phi) is 7.69. The second-order valence-corrected chi connectivity index (χ2v) is 7.14. The quantitative estimate of drug-likeness (QED) is 0.575. The van der Waals surface area contributed by atoms with Crippen molar-refractivity contribution in [3.63, 3.8) is 0 Å². The summed E-state index contributed by atoms with van der Waals surface area (Å²) in [6, 6.07) is 10.5. The molecule has 2 atom stereocenters. The van der Waals surface area contributed by atoms with E-state index in [2.05, 4.69) is 26.6 Å². The first kappa shape index (κ1) is 21.6. The second kappa shape index (κ2) is 9.98. The smallest absolute Gasteiger partial charge is 0.326 e. The number of carbonyl (C=O) groups excluding carboxylic acids is 2. The summed E-state index contributed by atoms with van der Waals surface area (Å²) in [7, 11) is 0. The lowest BCUT2D eigenvalue weighted by molar-refractivity contribution is -0.142. The molecule has 28 heavy (non-hydrogen) atoms. The number of aliphatic carboxylic acids is 1. The molecule has 0 aromatic heterocycles. The van der Waals surface area contributed by atoms with Crippen LogP contribution in [0.4, 0.5) is 4.39 Å². The third kappa shape index (κ3) is 6.45. The Balaban J connectivity index is 2.15. The highest BCUT2D eigenvalue weighted by atomic mass is 79.9. The Hall–Kier alpha value is -2.74. The highest BCUT2D eigenvalue weighted by Gasteiger charge is 2.27. The van der Waals surface area contributed by atoms with Crippen molar-refractivity contribution in [1.29, 1.82) is 0 Å². The molecule has 0 aliphatic carbocycles. The zero-order valence-electron chi connectivity index (χ0n) is 15.1. The lowest BCUT2D eigenvalue weighted by Crippen LogP contribution is -2.52. The van der Waals surface area contributed by atoms with Gasteiger partial charge in [-0.1, -0.05) is 46.3 Å². The molecule has 2 amide bonds. The van der Waals surface area contributed by atoms with Crippen molar-refractivity contribution < 1.29 is 23.9 Å². The summed E-state index contributed by atoms with van der Waals surface area (Å²) in [5.41, 5.74) is 1.22. The summed E-state index contributed by atoms with van der Waals surface area (Å²) in [6.07, 6.45) is 0.0970. The van der Waals surface area contributed by atoms with Crippen molar-refractivity contribution in [1.82, 2.24) is 10.6 Å². The van der Waals surface area contributed by atoms with Crippen LogP contribution in [0.5, 0.6) is 0 Å². The maximum Gasteiger partial charge on any atom is 0.326 e. The summed E-state index contributed by atoms with van der Waals surface area (Å²) in [5, 5.41) is 14.5. The molecule has 3 N–H and O–H groups in total. The van der Waals surface area contributed by atoms with E-state index in [0.29, 0.717) is 5.56 Å². The third-order valence-electron chi connectivity index (χ3n) is 4.02. The van der Waals surface area contributed by atoms with E-state index in [4.69, 9.17) is 0 Å². The van der Waals surface area contributed by atoms with Crippen molar-refractivity contribution in [2.75, 3.05) is 0 Å². The van der Waals surface area contributed by atoms with Crippen LogP contribution in [-0.4, -0.2) is 35.0 Å². The zero-order chi connectivity index (χ0) is 20.7. The first-order valence-corrected chi connectivity index (χ1v) is 9.33. The van der Waals surface area contributed by atoms with Crippen LogP contribution in [0.3, 0.4) is 0 Å². The van der Waals surface area contributed by atoms with Gasteiger partial charge in [0.05, 0.1) is 0 Å². The van der Waals surface area contributed by atoms with E-state index in [1.807, 2.05) is 0 Å². The number of carboxylic acids is 1. The predicted octanol–water partition coefficient (Wildman–Crippen LogP) is 2.45. The number of benzene rings is 2. The average Bonchev–Trinajstić information content (AvgIpc) is 2.61. The summed E-state index contributed by atoms with van der Waals surface area (Å²) in [6.45, 7) is 1.25. The Morgan fingerprint density at radius 3 is 2.36 bits per heavy atom. The standard InChI is InChI=1S/C20H20BrFN2O4/c1-12(25)23-17(10-13-5-4-7-15(22)9-13)19(26)24-18(20(27)28)11-14-6-2-3-8-16(14)21/h2-9,17-18H,10-11H2,1H3,(H,23,25)(H,24,26)(H,27,28)/t17-,18-/m0/s1. The lowest BCUT2D eigenvalue weighted by atomic mass is 10.0. The summed E-state index contributed by atoms with van der Waals surface area (Å²) >= 11 is 3.35. The fraction of sp³-hybridized carbons (Fsp3) is 0.250. The maximum absolute atomic E-state index is 13.4. The SMILES string of the molecule is CC(=O)N[C@@H](Cc1cccc(F)c1)C(=O)N[C@@H](Cc1ccccc1Br)C(=O)O. The van der Waals surface area contributed by atoms with Gasteiger partial charge in [0.1, 0.15) is 17.9 Å². The maximum atomic E-state index is 13.4. The van der Waals surface area contributed by atoms with Crippen molar-refractivity contribution >= 4 is 33.7 Å². The van der Waals surface area contributed by atoms with Crippen LogP contribution in [0.2, 0.25) is 0 Å². The van der Waals surface area contributed by atoms with Gasteiger partial charge in [0, 0.05) is 24.2 Å². The molecule has 0 radical (unpaired) electrons. The van der Waals surface area contributed by atoms with Crippen LogP contribution < -0.4 is 10.6 Å². The van der Waals surface area contributed by atoms with Gasteiger partial charge in [0.2, 0.25) is 11.8 Å². The fourth-order valence-corrected chi connectivity index (χ4v) is 3.16. The number of hydrogen-bond acceptors (Lipinski definition) is 3. The van der Waals surface area contributed by atoms with E-state index < -0.39 is 35.7 Å². The fourth-order valence-electron chi connectivity index (χ4n) is 2.71. The minimum atomic E-state index is -1.20. The largest absolute Gasteiger partial charge is 0.480 e. The van der Waals surface area contributed by atoms with E-state index in [-0.39, 0.29) is 12.8 Å².